The zero-order valence-electron chi connectivity index (χ0n) is 24.1. The van der Waals surface area contributed by atoms with Crippen LogP contribution in [0.5, 0.6) is 0 Å². The van der Waals surface area contributed by atoms with Gasteiger partial charge in [-0.3, -0.25) is 9.69 Å². The van der Waals surface area contributed by atoms with Crippen molar-refractivity contribution in [3.05, 3.63) is 69.2 Å². The predicted octanol–water partition coefficient (Wildman–Crippen LogP) is 5.34. The molecule has 0 spiro atoms. The lowest BCUT2D eigenvalue weighted by Crippen LogP contribution is -2.32. The van der Waals surface area contributed by atoms with Crippen LogP contribution < -0.4 is 0 Å². The van der Waals surface area contributed by atoms with Gasteiger partial charge in [0.05, 0.1) is 0 Å². The highest BCUT2D eigenvalue weighted by Crippen LogP contribution is 2.34. The number of hydrogen-bond donors (Lipinski definition) is 0. The molecule has 32 heavy (non-hydrogen) atoms. The normalized spacial score (nSPS) is 19.2. The SMILES string of the molecule is [2H]C([2H])([2H])N(C(=O)c1cc(C)c(C2=CCN(C(C)c3cc4c(Br)ccnc4n3C)CC2)c(F)c1)C([2H])([2H])[2H]. The summed E-state index contributed by atoms with van der Waals surface area (Å²) in [5.74, 6) is -1.96. The summed E-state index contributed by atoms with van der Waals surface area (Å²) < 4.78 is 63.2. The second-order valence-electron chi connectivity index (χ2n) is 8.10. The first-order chi connectivity index (χ1) is 17.6. The van der Waals surface area contributed by atoms with Crippen molar-refractivity contribution in [3.8, 4) is 0 Å². The van der Waals surface area contributed by atoms with Crippen LogP contribution in [0, 0.1) is 12.7 Å². The van der Waals surface area contributed by atoms with Gasteiger partial charge >= 0.3 is 0 Å². The van der Waals surface area contributed by atoms with E-state index in [0.29, 0.717) is 30.6 Å². The van der Waals surface area contributed by atoms with E-state index in [4.69, 9.17) is 8.22 Å². The molecule has 3 heterocycles. The van der Waals surface area contributed by atoms with E-state index in [1.54, 1.807) is 13.1 Å². The Balaban J connectivity index is 1.58. The van der Waals surface area contributed by atoms with E-state index in [9.17, 15) is 4.79 Å². The summed E-state index contributed by atoms with van der Waals surface area (Å²) in [5.41, 5.74) is 3.24. The molecule has 5 nitrogen and oxygen atoms in total. The first-order valence-corrected chi connectivity index (χ1v) is 11.1. The van der Waals surface area contributed by atoms with E-state index >= 15 is 4.39 Å². The quantitative estimate of drug-likeness (QED) is 0.481. The lowest BCUT2D eigenvalue weighted by Gasteiger charge is -2.32. The number of hydrogen-bond acceptors (Lipinski definition) is 3. The maximum Gasteiger partial charge on any atom is 0.253 e. The fourth-order valence-electron chi connectivity index (χ4n) is 4.46. The molecular weight excluding hydrogens is 471 g/mol. The van der Waals surface area contributed by atoms with Crippen molar-refractivity contribution in [1.82, 2.24) is 19.4 Å². The molecular formula is C25H28BrFN4O. The molecule has 0 bridgehead atoms. The minimum atomic E-state index is -3.20. The Hall–Kier alpha value is -2.51. The van der Waals surface area contributed by atoms with Crippen LogP contribution in [0.15, 0.2) is 41.0 Å². The van der Waals surface area contributed by atoms with Gasteiger partial charge in [0.2, 0.25) is 0 Å². The zero-order chi connectivity index (χ0) is 28.2. The van der Waals surface area contributed by atoms with Crippen molar-refractivity contribution in [2.24, 2.45) is 7.05 Å². The van der Waals surface area contributed by atoms with Gasteiger partial charge in [0.1, 0.15) is 11.5 Å². The van der Waals surface area contributed by atoms with Gasteiger partial charge in [0, 0.05) is 81.2 Å². The maximum atomic E-state index is 15.3. The van der Waals surface area contributed by atoms with Crippen LogP contribution in [-0.4, -0.2) is 52.3 Å². The molecule has 1 amide bonds. The van der Waals surface area contributed by atoms with Crippen LogP contribution in [0.4, 0.5) is 4.39 Å². The molecule has 0 fully saturated rings. The molecule has 3 aromatic rings. The third kappa shape index (κ3) is 3.99. The van der Waals surface area contributed by atoms with Crippen LogP contribution in [-0.2, 0) is 7.05 Å². The molecule has 2 aromatic heterocycles. The van der Waals surface area contributed by atoms with Gasteiger partial charge in [-0.15, -0.1) is 0 Å². The molecule has 1 aliphatic rings. The van der Waals surface area contributed by atoms with Crippen LogP contribution in [0.2, 0.25) is 0 Å². The average Bonchev–Trinajstić information content (AvgIpc) is 3.14. The molecule has 1 atom stereocenters. The van der Waals surface area contributed by atoms with E-state index in [-0.39, 0.29) is 16.5 Å². The largest absolute Gasteiger partial charge is 0.345 e. The number of aryl methyl sites for hydroxylation is 2. The fourth-order valence-corrected chi connectivity index (χ4v) is 4.87. The van der Waals surface area contributed by atoms with Crippen LogP contribution in [0.3, 0.4) is 0 Å². The summed E-state index contributed by atoms with van der Waals surface area (Å²) in [6, 6.07) is 6.38. The van der Waals surface area contributed by atoms with Crippen molar-refractivity contribution in [1.29, 1.82) is 0 Å². The number of carbonyl (C=O) groups excluding carboxylic acids is 1. The second kappa shape index (κ2) is 8.79. The Morgan fingerprint density at radius 1 is 1.34 bits per heavy atom. The number of fused-ring (bicyclic) bond motifs is 1. The number of rotatable bonds is 4. The molecule has 7 heteroatoms. The Morgan fingerprint density at radius 3 is 2.75 bits per heavy atom. The topological polar surface area (TPSA) is 41.4 Å². The van der Waals surface area contributed by atoms with E-state index in [1.807, 2.05) is 19.2 Å². The van der Waals surface area contributed by atoms with Crippen LogP contribution in [0.1, 0.15) is 54.8 Å². The van der Waals surface area contributed by atoms with Gasteiger partial charge in [0.25, 0.3) is 5.91 Å². The van der Waals surface area contributed by atoms with Gasteiger partial charge in [-0.05, 0) is 71.6 Å². The van der Waals surface area contributed by atoms with Crippen molar-refractivity contribution in [2.45, 2.75) is 26.3 Å². The van der Waals surface area contributed by atoms with Crippen LogP contribution >= 0.6 is 15.9 Å². The number of halogens is 2. The summed E-state index contributed by atoms with van der Waals surface area (Å²) in [4.78, 5) is 19.4. The summed E-state index contributed by atoms with van der Waals surface area (Å²) in [7, 11) is 1.99. The van der Waals surface area contributed by atoms with E-state index in [2.05, 4.69) is 43.4 Å². The Morgan fingerprint density at radius 2 is 2.12 bits per heavy atom. The summed E-state index contributed by atoms with van der Waals surface area (Å²) in [5, 5.41) is 1.04. The average molecular weight is 505 g/mol. The zero-order valence-corrected chi connectivity index (χ0v) is 19.7. The molecule has 1 aliphatic heterocycles. The van der Waals surface area contributed by atoms with Gasteiger partial charge in [0.15, 0.2) is 0 Å². The fraction of sp³-hybridized carbons (Fsp3) is 0.360. The molecule has 0 saturated carbocycles. The molecule has 0 aliphatic carbocycles. The molecule has 1 unspecified atom stereocenters. The lowest BCUT2D eigenvalue weighted by atomic mass is 9.92. The van der Waals surface area contributed by atoms with Crippen molar-refractivity contribution in [2.75, 3.05) is 27.0 Å². The molecule has 0 N–H and O–H groups in total. The lowest BCUT2D eigenvalue weighted by molar-refractivity contribution is 0.0827. The minimum absolute atomic E-state index is 0.0793. The predicted molar refractivity (Wildman–Crippen MR) is 130 cm³/mol. The number of amides is 1. The van der Waals surface area contributed by atoms with Gasteiger partial charge in [-0.1, -0.05) is 6.08 Å². The maximum absolute atomic E-state index is 15.3. The Kier molecular flexibility index (Phi) is 4.44. The smallest absolute Gasteiger partial charge is 0.253 e. The summed E-state index contributed by atoms with van der Waals surface area (Å²) >= 11 is 3.59. The molecule has 168 valence electrons. The highest BCUT2D eigenvalue weighted by molar-refractivity contribution is 9.10. The van der Waals surface area contributed by atoms with Gasteiger partial charge in [-0.25, -0.2) is 9.37 Å². The molecule has 4 rings (SSSR count). The first kappa shape index (κ1) is 16.2. The molecule has 1 aromatic carbocycles. The number of benzene rings is 1. The summed E-state index contributed by atoms with van der Waals surface area (Å²) in [6.45, 7) is -1.40. The highest BCUT2D eigenvalue weighted by atomic mass is 79.9. The summed E-state index contributed by atoms with van der Waals surface area (Å²) in [6.07, 6.45) is 4.29. The second-order valence-corrected chi connectivity index (χ2v) is 8.95. The van der Waals surface area contributed by atoms with Gasteiger partial charge < -0.3 is 9.47 Å². The molecule has 0 radical (unpaired) electrons. The van der Waals surface area contributed by atoms with E-state index in [1.165, 1.54) is 6.07 Å². The monoisotopic (exact) mass is 504 g/mol. The number of nitrogens with zero attached hydrogens (tertiary/aromatic N) is 4. The van der Waals surface area contributed by atoms with Crippen LogP contribution in [0.25, 0.3) is 16.6 Å². The van der Waals surface area contributed by atoms with E-state index < -0.39 is 25.7 Å². The van der Waals surface area contributed by atoms with Gasteiger partial charge in [-0.2, -0.15) is 0 Å². The minimum Gasteiger partial charge on any atom is -0.345 e. The number of aromatic nitrogens is 2. The third-order valence-electron chi connectivity index (χ3n) is 6.19. The Labute approximate surface area is 205 Å². The van der Waals surface area contributed by atoms with Crippen molar-refractivity contribution in [3.63, 3.8) is 0 Å². The first-order valence-electron chi connectivity index (χ1n) is 13.3. The standard InChI is InChI=1S/C25H28BrFN4O/c1-15-12-18(25(32)29(3)4)13-21(27)23(15)17-7-10-31(11-8-17)16(2)22-14-19-20(26)6-9-28-24(19)30(22)5/h6-7,9,12-14,16H,8,10-11H2,1-5H3/i3D3,4D3. The Bertz CT molecular complexity index is 1390. The number of pyridine rings is 1. The van der Waals surface area contributed by atoms with E-state index in [0.717, 1.165) is 32.8 Å². The van der Waals surface area contributed by atoms with Crippen molar-refractivity contribution < 1.29 is 17.4 Å². The third-order valence-corrected chi connectivity index (χ3v) is 6.88. The highest BCUT2D eigenvalue weighted by Gasteiger charge is 2.25. The molecule has 0 saturated heterocycles. The van der Waals surface area contributed by atoms with Crippen molar-refractivity contribution >= 4 is 38.4 Å². The number of carbonyl (C=O) groups is 1.